The molecule has 1 amide bonds. The molecule has 0 bridgehead atoms. The minimum atomic E-state index is -3.54. The smallest absolute Gasteiger partial charge is 0.243 e. The highest BCUT2D eigenvalue weighted by Gasteiger charge is 2.30. The van der Waals surface area contributed by atoms with Crippen molar-refractivity contribution in [2.45, 2.75) is 23.9 Å². The molecule has 3 aromatic rings. The van der Waals surface area contributed by atoms with Crippen LogP contribution in [0.4, 0.5) is 0 Å². The number of amides is 1. The molecule has 9 nitrogen and oxygen atoms in total. The predicted octanol–water partition coefficient (Wildman–Crippen LogP) is 1.90. The van der Waals surface area contributed by atoms with Crippen molar-refractivity contribution < 1.29 is 13.2 Å². The molecule has 0 saturated carbocycles. The molecule has 2 heterocycles. The van der Waals surface area contributed by atoms with E-state index in [1.807, 2.05) is 32.0 Å². The molecular formula is C21H24N6O3S2. The minimum Gasteiger partial charge on any atom is -0.339 e. The SMILES string of the molecule is Cc1cccc(-n2nnnc2SCC(=O)N2CCN(S(=O)(=O)c3ccccc3)CC2)c1C. The lowest BCUT2D eigenvalue weighted by atomic mass is 10.1. The van der Waals surface area contributed by atoms with E-state index in [9.17, 15) is 13.2 Å². The molecule has 0 unspecified atom stereocenters. The molecule has 1 aliphatic heterocycles. The van der Waals surface area contributed by atoms with Gasteiger partial charge in [0.2, 0.25) is 21.1 Å². The van der Waals surface area contributed by atoms with Crippen molar-refractivity contribution in [3.63, 3.8) is 0 Å². The van der Waals surface area contributed by atoms with Crippen LogP contribution in [0.1, 0.15) is 11.1 Å². The van der Waals surface area contributed by atoms with Gasteiger partial charge in [-0.1, -0.05) is 42.1 Å². The lowest BCUT2D eigenvalue weighted by Crippen LogP contribution is -2.50. The van der Waals surface area contributed by atoms with Crippen molar-refractivity contribution in [2.75, 3.05) is 31.9 Å². The highest BCUT2D eigenvalue weighted by atomic mass is 32.2. The number of nitrogens with zero attached hydrogens (tertiary/aromatic N) is 6. The molecule has 1 aliphatic rings. The van der Waals surface area contributed by atoms with Crippen LogP contribution >= 0.6 is 11.8 Å². The Kier molecular flexibility index (Phi) is 6.58. The summed E-state index contributed by atoms with van der Waals surface area (Å²) in [4.78, 5) is 14.7. The lowest BCUT2D eigenvalue weighted by molar-refractivity contribution is -0.129. The van der Waals surface area contributed by atoms with Crippen LogP contribution in [0.3, 0.4) is 0 Å². The fourth-order valence-corrected chi connectivity index (χ4v) is 5.75. The van der Waals surface area contributed by atoms with Crippen molar-refractivity contribution >= 4 is 27.7 Å². The van der Waals surface area contributed by atoms with Crippen LogP contribution in [0.2, 0.25) is 0 Å². The topological polar surface area (TPSA) is 101 Å². The summed E-state index contributed by atoms with van der Waals surface area (Å²) in [5.74, 6) is 0.110. The van der Waals surface area contributed by atoms with Gasteiger partial charge >= 0.3 is 0 Å². The van der Waals surface area contributed by atoms with E-state index in [1.165, 1.54) is 16.1 Å². The quantitative estimate of drug-likeness (QED) is 0.505. The molecule has 1 aromatic heterocycles. The first-order valence-corrected chi connectivity index (χ1v) is 12.6. The standard InChI is InChI=1S/C21H24N6O3S2/c1-16-7-6-10-19(17(16)2)27-21(22-23-24-27)31-15-20(28)25-11-13-26(14-12-25)32(29,30)18-8-4-3-5-9-18/h3-10H,11-15H2,1-2H3. The number of sulfonamides is 1. The average Bonchev–Trinajstić information content (AvgIpc) is 3.28. The van der Waals surface area contributed by atoms with Gasteiger partial charge in [-0.15, -0.1) is 5.10 Å². The average molecular weight is 473 g/mol. The molecule has 168 valence electrons. The van der Waals surface area contributed by atoms with E-state index in [2.05, 4.69) is 15.5 Å². The number of carbonyl (C=O) groups excluding carboxylic acids is 1. The maximum atomic E-state index is 12.8. The molecule has 32 heavy (non-hydrogen) atoms. The molecule has 1 fully saturated rings. The number of hydrogen-bond acceptors (Lipinski definition) is 7. The zero-order chi connectivity index (χ0) is 22.7. The van der Waals surface area contributed by atoms with Crippen LogP contribution in [0, 0.1) is 13.8 Å². The second-order valence-electron chi connectivity index (χ2n) is 7.48. The monoisotopic (exact) mass is 472 g/mol. The van der Waals surface area contributed by atoms with E-state index < -0.39 is 10.0 Å². The summed E-state index contributed by atoms with van der Waals surface area (Å²) in [7, 11) is -3.54. The van der Waals surface area contributed by atoms with Gasteiger partial charge in [-0.3, -0.25) is 4.79 Å². The molecule has 4 rings (SSSR count). The van der Waals surface area contributed by atoms with Gasteiger partial charge in [-0.2, -0.15) is 8.99 Å². The number of thioether (sulfide) groups is 1. The van der Waals surface area contributed by atoms with E-state index in [4.69, 9.17) is 0 Å². The summed E-state index contributed by atoms with van der Waals surface area (Å²) in [6.07, 6.45) is 0. The normalized spacial score (nSPS) is 15.1. The number of benzene rings is 2. The Morgan fingerprint density at radius 3 is 2.44 bits per heavy atom. The van der Waals surface area contributed by atoms with Crippen LogP contribution in [0.15, 0.2) is 58.6 Å². The van der Waals surface area contributed by atoms with E-state index in [0.29, 0.717) is 18.2 Å². The fourth-order valence-electron chi connectivity index (χ4n) is 3.52. The molecule has 0 radical (unpaired) electrons. The Bertz CT molecular complexity index is 1210. The molecule has 2 aromatic carbocycles. The third-order valence-electron chi connectivity index (χ3n) is 5.54. The van der Waals surface area contributed by atoms with Crippen LogP contribution in [0.5, 0.6) is 0 Å². The van der Waals surface area contributed by atoms with Gasteiger partial charge in [-0.05, 0) is 53.6 Å². The van der Waals surface area contributed by atoms with Crippen LogP contribution in [0.25, 0.3) is 5.69 Å². The minimum absolute atomic E-state index is 0.0673. The number of carbonyl (C=O) groups is 1. The first-order chi connectivity index (χ1) is 15.4. The largest absolute Gasteiger partial charge is 0.339 e. The third kappa shape index (κ3) is 4.54. The van der Waals surface area contributed by atoms with Gasteiger partial charge in [0, 0.05) is 26.2 Å². The van der Waals surface area contributed by atoms with E-state index in [0.717, 1.165) is 16.8 Å². The summed E-state index contributed by atoms with van der Waals surface area (Å²) in [5, 5.41) is 12.5. The van der Waals surface area contributed by atoms with E-state index in [-0.39, 0.29) is 29.6 Å². The Hall–Kier alpha value is -2.76. The molecule has 0 aliphatic carbocycles. The summed E-state index contributed by atoms with van der Waals surface area (Å²) in [5.41, 5.74) is 3.08. The van der Waals surface area contributed by atoms with Crippen molar-refractivity contribution in [3.8, 4) is 5.69 Å². The van der Waals surface area contributed by atoms with Crippen molar-refractivity contribution in [1.82, 2.24) is 29.4 Å². The van der Waals surface area contributed by atoms with Gasteiger partial charge in [0.25, 0.3) is 0 Å². The van der Waals surface area contributed by atoms with Crippen molar-refractivity contribution in [2.24, 2.45) is 0 Å². The summed E-state index contributed by atoms with van der Waals surface area (Å²) >= 11 is 1.27. The zero-order valence-corrected chi connectivity index (χ0v) is 19.5. The summed E-state index contributed by atoms with van der Waals surface area (Å²) in [6, 6.07) is 14.3. The van der Waals surface area contributed by atoms with Gasteiger partial charge in [0.15, 0.2) is 0 Å². The Labute approximate surface area is 191 Å². The first kappa shape index (κ1) is 22.4. The number of aryl methyl sites for hydroxylation is 1. The lowest BCUT2D eigenvalue weighted by Gasteiger charge is -2.34. The van der Waals surface area contributed by atoms with Gasteiger partial charge in [0.1, 0.15) is 0 Å². The Balaban J connectivity index is 1.36. The molecule has 0 atom stereocenters. The number of tetrazole rings is 1. The fraction of sp³-hybridized carbons (Fsp3) is 0.333. The number of hydrogen-bond donors (Lipinski definition) is 0. The zero-order valence-electron chi connectivity index (χ0n) is 17.9. The van der Waals surface area contributed by atoms with Crippen molar-refractivity contribution in [3.05, 3.63) is 59.7 Å². The summed E-state index contributed by atoms with van der Waals surface area (Å²) in [6.45, 7) is 5.29. The Morgan fingerprint density at radius 2 is 1.72 bits per heavy atom. The van der Waals surface area contributed by atoms with Crippen LogP contribution < -0.4 is 0 Å². The Morgan fingerprint density at radius 1 is 1.00 bits per heavy atom. The first-order valence-electron chi connectivity index (χ1n) is 10.2. The van der Waals surface area contributed by atoms with Gasteiger partial charge < -0.3 is 4.90 Å². The predicted molar refractivity (Wildman–Crippen MR) is 121 cm³/mol. The molecule has 1 saturated heterocycles. The molecule has 0 N–H and O–H groups in total. The van der Waals surface area contributed by atoms with Crippen LogP contribution in [-0.4, -0.2) is 75.7 Å². The summed E-state index contributed by atoms with van der Waals surface area (Å²) < 4.78 is 28.6. The van der Waals surface area contributed by atoms with E-state index in [1.54, 1.807) is 39.9 Å². The number of rotatable bonds is 6. The molecular weight excluding hydrogens is 448 g/mol. The maximum Gasteiger partial charge on any atom is 0.243 e. The number of piperazine rings is 1. The molecule has 11 heteroatoms. The second kappa shape index (κ2) is 9.39. The highest BCUT2D eigenvalue weighted by Crippen LogP contribution is 2.23. The maximum absolute atomic E-state index is 12.8. The third-order valence-corrected chi connectivity index (χ3v) is 8.36. The van der Waals surface area contributed by atoms with Gasteiger partial charge in [-0.25, -0.2) is 8.42 Å². The highest BCUT2D eigenvalue weighted by molar-refractivity contribution is 7.99. The number of aromatic nitrogens is 4. The molecule has 0 spiro atoms. The van der Waals surface area contributed by atoms with E-state index >= 15 is 0 Å². The van der Waals surface area contributed by atoms with Crippen molar-refractivity contribution in [1.29, 1.82) is 0 Å². The second-order valence-corrected chi connectivity index (χ2v) is 10.4. The van der Waals surface area contributed by atoms with Crippen LogP contribution in [-0.2, 0) is 14.8 Å². The van der Waals surface area contributed by atoms with Gasteiger partial charge in [0.05, 0.1) is 16.3 Å².